The molecule has 1 atom stereocenters. The second-order valence-corrected chi connectivity index (χ2v) is 6.00. The molecule has 0 bridgehead atoms. The number of aryl methyl sites for hydroxylation is 1. The van der Waals surface area contributed by atoms with Gasteiger partial charge in [0.2, 0.25) is 0 Å². The van der Waals surface area contributed by atoms with E-state index >= 15 is 0 Å². The maximum absolute atomic E-state index is 13.8. The molecule has 2 rings (SSSR count). The van der Waals surface area contributed by atoms with Gasteiger partial charge in [-0.05, 0) is 49.1 Å². The van der Waals surface area contributed by atoms with E-state index in [1.807, 2.05) is 44.2 Å². The van der Waals surface area contributed by atoms with Crippen molar-refractivity contribution in [2.45, 2.75) is 40.0 Å². The summed E-state index contributed by atoms with van der Waals surface area (Å²) in [6.07, 6.45) is 0. The third-order valence-electron chi connectivity index (χ3n) is 4.09. The zero-order chi connectivity index (χ0) is 18.2. The summed E-state index contributed by atoms with van der Waals surface area (Å²) < 4.78 is 13.8. The Morgan fingerprint density at radius 2 is 1.92 bits per heavy atom. The normalized spacial score (nSPS) is 12.8. The summed E-state index contributed by atoms with van der Waals surface area (Å²) in [7, 11) is 0. The number of hydrogen-bond donors (Lipinski definition) is 3. The SMILES string of the molecule is CCNC(=NCc1ccccc1CO)NC(C)c1ccc(C)c(F)c1. The van der Waals surface area contributed by atoms with Crippen molar-refractivity contribution in [2.75, 3.05) is 6.54 Å². The van der Waals surface area contributed by atoms with Gasteiger partial charge < -0.3 is 15.7 Å². The summed E-state index contributed by atoms with van der Waals surface area (Å²) >= 11 is 0. The van der Waals surface area contributed by atoms with Gasteiger partial charge in [-0.15, -0.1) is 0 Å². The largest absolute Gasteiger partial charge is 0.392 e. The maximum atomic E-state index is 13.8. The first kappa shape index (κ1) is 18.9. The van der Waals surface area contributed by atoms with E-state index in [0.717, 1.165) is 23.2 Å². The third kappa shape index (κ3) is 5.29. The second-order valence-electron chi connectivity index (χ2n) is 6.00. The fraction of sp³-hybridized carbons (Fsp3) is 0.350. The lowest BCUT2D eigenvalue weighted by Gasteiger charge is -2.19. The first-order valence-corrected chi connectivity index (χ1v) is 8.53. The highest BCUT2D eigenvalue weighted by atomic mass is 19.1. The Labute approximate surface area is 148 Å². The van der Waals surface area contributed by atoms with Crippen molar-refractivity contribution in [1.82, 2.24) is 10.6 Å². The molecule has 0 aliphatic heterocycles. The van der Waals surface area contributed by atoms with Crippen LogP contribution in [0.15, 0.2) is 47.5 Å². The number of aliphatic hydroxyl groups excluding tert-OH is 1. The van der Waals surface area contributed by atoms with Crippen LogP contribution in [0.3, 0.4) is 0 Å². The van der Waals surface area contributed by atoms with Gasteiger partial charge in [-0.2, -0.15) is 0 Å². The van der Waals surface area contributed by atoms with Gasteiger partial charge in [-0.3, -0.25) is 0 Å². The van der Waals surface area contributed by atoms with Crippen LogP contribution in [0.1, 0.15) is 42.1 Å². The predicted octanol–water partition coefficient (Wildman–Crippen LogP) is 3.44. The minimum absolute atomic E-state index is 0.00525. The highest BCUT2D eigenvalue weighted by molar-refractivity contribution is 5.80. The molecule has 2 aromatic carbocycles. The van der Waals surface area contributed by atoms with Crippen molar-refractivity contribution in [3.63, 3.8) is 0 Å². The van der Waals surface area contributed by atoms with Gasteiger partial charge in [-0.1, -0.05) is 36.4 Å². The van der Waals surface area contributed by atoms with E-state index in [9.17, 15) is 9.50 Å². The number of hydrogen-bond acceptors (Lipinski definition) is 2. The molecular formula is C20H26FN3O. The minimum Gasteiger partial charge on any atom is -0.392 e. The number of nitrogens with one attached hydrogen (secondary N) is 2. The zero-order valence-corrected chi connectivity index (χ0v) is 15.0. The molecule has 25 heavy (non-hydrogen) atoms. The molecular weight excluding hydrogens is 317 g/mol. The average molecular weight is 343 g/mol. The number of halogens is 1. The molecule has 0 amide bonds. The van der Waals surface area contributed by atoms with Crippen molar-refractivity contribution < 1.29 is 9.50 Å². The molecule has 0 saturated carbocycles. The van der Waals surface area contributed by atoms with E-state index in [1.54, 1.807) is 19.1 Å². The molecule has 3 N–H and O–H groups in total. The average Bonchev–Trinajstić information content (AvgIpc) is 2.62. The molecule has 0 spiro atoms. The summed E-state index contributed by atoms with van der Waals surface area (Å²) in [4.78, 5) is 4.59. The smallest absolute Gasteiger partial charge is 0.192 e. The van der Waals surface area contributed by atoms with Crippen molar-refractivity contribution in [3.8, 4) is 0 Å². The van der Waals surface area contributed by atoms with Crippen molar-refractivity contribution in [3.05, 3.63) is 70.5 Å². The van der Waals surface area contributed by atoms with Gasteiger partial charge in [-0.25, -0.2) is 9.38 Å². The van der Waals surface area contributed by atoms with Crippen LogP contribution in [0.25, 0.3) is 0 Å². The van der Waals surface area contributed by atoms with E-state index in [1.165, 1.54) is 0 Å². The maximum Gasteiger partial charge on any atom is 0.192 e. The van der Waals surface area contributed by atoms with Gasteiger partial charge in [0.15, 0.2) is 5.96 Å². The molecule has 0 radical (unpaired) electrons. The Bertz CT molecular complexity index is 731. The first-order chi connectivity index (χ1) is 12.0. The first-order valence-electron chi connectivity index (χ1n) is 8.53. The number of nitrogens with zero attached hydrogens (tertiary/aromatic N) is 1. The van der Waals surface area contributed by atoms with Gasteiger partial charge in [0.05, 0.1) is 19.2 Å². The fourth-order valence-corrected chi connectivity index (χ4v) is 2.52. The van der Waals surface area contributed by atoms with Crippen molar-refractivity contribution in [1.29, 1.82) is 0 Å². The van der Waals surface area contributed by atoms with Crippen LogP contribution in [0.4, 0.5) is 4.39 Å². The number of guanidine groups is 1. The topological polar surface area (TPSA) is 56.7 Å². The predicted molar refractivity (Wildman–Crippen MR) is 99.9 cm³/mol. The Morgan fingerprint density at radius 3 is 2.56 bits per heavy atom. The molecule has 0 heterocycles. The van der Waals surface area contributed by atoms with Gasteiger partial charge in [0.25, 0.3) is 0 Å². The molecule has 2 aromatic rings. The van der Waals surface area contributed by atoms with Crippen LogP contribution in [-0.4, -0.2) is 17.6 Å². The van der Waals surface area contributed by atoms with Crippen LogP contribution in [-0.2, 0) is 13.2 Å². The monoisotopic (exact) mass is 343 g/mol. The van der Waals surface area contributed by atoms with Crippen LogP contribution in [0.2, 0.25) is 0 Å². The van der Waals surface area contributed by atoms with Crippen LogP contribution in [0, 0.1) is 12.7 Å². The Balaban J connectivity index is 2.12. The van der Waals surface area contributed by atoms with E-state index in [-0.39, 0.29) is 18.5 Å². The zero-order valence-electron chi connectivity index (χ0n) is 15.0. The molecule has 1 unspecified atom stereocenters. The summed E-state index contributed by atoms with van der Waals surface area (Å²) in [6.45, 7) is 6.90. The molecule has 0 fully saturated rings. The van der Waals surface area contributed by atoms with E-state index in [2.05, 4.69) is 15.6 Å². The molecule has 4 nitrogen and oxygen atoms in total. The number of rotatable bonds is 6. The Hall–Kier alpha value is -2.40. The lowest BCUT2D eigenvalue weighted by molar-refractivity contribution is 0.280. The van der Waals surface area contributed by atoms with Crippen molar-refractivity contribution in [2.24, 2.45) is 4.99 Å². The molecule has 0 aliphatic carbocycles. The summed E-state index contributed by atoms with van der Waals surface area (Å²) in [5, 5.41) is 15.9. The van der Waals surface area contributed by atoms with Gasteiger partial charge in [0, 0.05) is 6.54 Å². The van der Waals surface area contributed by atoms with Crippen LogP contribution in [0.5, 0.6) is 0 Å². The Kier molecular flexibility index (Phi) is 6.95. The highest BCUT2D eigenvalue weighted by Crippen LogP contribution is 2.16. The Morgan fingerprint density at radius 1 is 1.20 bits per heavy atom. The quantitative estimate of drug-likeness (QED) is 0.556. The summed E-state index contributed by atoms with van der Waals surface area (Å²) in [6, 6.07) is 12.8. The molecule has 0 saturated heterocycles. The molecule has 0 aromatic heterocycles. The number of aliphatic hydroxyl groups is 1. The molecule has 134 valence electrons. The highest BCUT2D eigenvalue weighted by Gasteiger charge is 2.10. The summed E-state index contributed by atoms with van der Waals surface area (Å²) in [5.41, 5.74) is 3.36. The van der Waals surface area contributed by atoms with E-state index in [4.69, 9.17) is 0 Å². The van der Waals surface area contributed by atoms with Crippen LogP contribution < -0.4 is 10.6 Å². The van der Waals surface area contributed by atoms with Gasteiger partial charge >= 0.3 is 0 Å². The van der Waals surface area contributed by atoms with E-state index < -0.39 is 0 Å². The van der Waals surface area contributed by atoms with Crippen LogP contribution >= 0.6 is 0 Å². The summed E-state index contributed by atoms with van der Waals surface area (Å²) in [5.74, 6) is 0.452. The number of aliphatic imine (C=N–C) groups is 1. The van der Waals surface area contributed by atoms with Crippen molar-refractivity contribution >= 4 is 5.96 Å². The third-order valence-corrected chi connectivity index (χ3v) is 4.09. The lowest BCUT2D eigenvalue weighted by Crippen LogP contribution is -2.38. The molecule has 5 heteroatoms. The number of benzene rings is 2. The van der Waals surface area contributed by atoms with E-state index in [0.29, 0.717) is 18.1 Å². The lowest BCUT2D eigenvalue weighted by atomic mass is 10.1. The second kappa shape index (κ2) is 9.18. The fourth-order valence-electron chi connectivity index (χ4n) is 2.52. The standard InChI is InChI=1S/C20H26FN3O/c1-4-22-20(23-12-17-7-5-6-8-18(17)13-25)24-15(3)16-10-9-14(2)19(21)11-16/h5-11,15,25H,4,12-13H2,1-3H3,(H2,22,23,24). The minimum atomic E-state index is -0.204. The van der Waals surface area contributed by atoms with Gasteiger partial charge in [0.1, 0.15) is 5.82 Å². The molecule has 0 aliphatic rings.